The van der Waals surface area contributed by atoms with Gasteiger partial charge in [0.15, 0.2) is 0 Å². The number of nitrogens with zero attached hydrogens (tertiary/aromatic N) is 1. The van der Waals surface area contributed by atoms with Crippen LogP contribution in [0.3, 0.4) is 0 Å². The molecule has 2 aromatic rings. The number of fused-ring (bicyclic) bond motifs is 1. The largest absolute Gasteiger partial charge is 0.271 e. The van der Waals surface area contributed by atoms with E-state index in [1.165, 1.54) is 23.8 Å². The van der Waals surface area contributed by atoms with Gasteiger partial charge >= 0.3 is 0 Å². The van der Waals surface area contributed by atoms with Gasteiger partial charge in [0.25, 0.3) is 0 Å². The van der Waals surface area contributed by atoms with E-state index in [4.69, 9.17) is 10.8 Å². The molecule has 1 heterocycles. The molecule has 3 nitrogen and oxygen atoms in total. The Morgan fingerprint density at radius 2 is 2.05 bits per heavy atom. The molecule has 3 heteroatoms. The van der Waals surface area contributed by atoms with Crippen LogP contribution >= 0.6 is 0 Å². The van der Waals surface area contributed by atoms with Crippen molar-refractivity contribution in [2.75, 3.05) is 0 Å². The number of hydrogen-bond donors (Lipinski definition) is 2. The van der Waals surface area contributed by atoms with Gasteiger partial charge in [-0.2, -0.15) is 0 Å². The van der Waals surface area contributed by atoms with Crippen LogP contribution in [0.5, 0.6) is 0 Å². The third-order valence-electron chi connectivity index (χ3n) is 3.92. The van der Waals surface area contributed by atoms with Gasteiger partial charge in [0, 0.05) is 5.39 Å². The molecular formula is C17H25N3. The summed E-state index contributed by atoms with van der Waals surface area (Å²) < 4.78 is 0. The lowest BCUT2D eigenvalue weighted by Crippen LogP contribution is -2.30. The molecule has 0 aliphatic rings. The van der Waals surface area contributed by atoms with Crippen molar-refractivity contribution in [3.8, 4) is 0 Å². The van der Waals surface area contributed by atoms with Gasteiger partial charge in [-0.15, -0.1) is 0 Å². The number of hydrogen-bond acceptors (Lipinski definition) is 3. The Bertz CT molecular complexity index is 565. The van der Waals surface area contributed by atoms with Crippen molar-refractivity contribution in [3.63, 3.8) is 0 Å². The number of nitrogens with two attached hydrogens (primary N) is 1. The number of benzene rings is 1. The van der Waals surface area contributed by atoms with E-state index in [9.17, 15) is 0 Å². The van der Waals surface area contributed by atoms with E-state index in [2.05, 4.69) is 50.5 Å². The van der Waals surface area contributed by atoms with Gasteiger partial charge < -0.3 is 0 Å². The molecule has 20 heavy (non-hydrogen) atoms. The van der Waals surface area contributed by atoms with E-state index in [1.54, 1.807) is 0 Å². The molecule has 2 unspecified atom stereocenters. The first-order valence-corrected chi connectivity index (χ1v) is 7.48. The zero-order valence-corrected chi connectivity index (χ0v) is 12.7. The average molecular weight is 271 g/mol. The predicted octanol–water partition coefficient (Wildman–Crippen LogP) is 3.87. The smallest absolute Gasteiger partial charge is 0.0708 e. The Balaban J connectivity index is 2.30. The first-order chi connectivity index (χ1) is 9.65. The number of nitrogens with one attached hydrogen (secondary N) is 1. The normalized spacial score (nSPS) is 14.4. The highest BCUT2D eigenvalue weighted by molar-refractivity contribution is 5.82. The Kier molecular flexibility index (Phi) is 5.10. The monoisotopic (exact) mass is 271 g/mol. The Morgan fingerprint density at radius 3 is 2.75 bits per heavy atom. The van der Waals surface area contributed by atoms with Crippen LogP contribution in [0.15, 0.2) is 30.3 Å². The summed E-state index contributed by atoms with van der Waals surface area (Å²) in [6.07, 6.45) is 3.46. The summed E-state index contributed by atoms with van der Waals surface area (Å²) in [4.78, 5) is 4.78. The predicted molar refractivity (Wildman–Crippen MR) is 85.2 cm³/mol. The Hall–Kier alpha value is -1.45. The van der Waals surface area contributed by atoms with Crippen LogP contribution in [0.4, 0.5) is 0 Å². The van der Waals surface area contributed by atoms with E-state index < -0.39 is 0 Å². The van der Waals surface area contributed by atoms with Crippen LogP contribution in [-0.2, 0) is 0 Å². The molecule has 0 radical (unpaired) electrons. The molecule has 3 N–H and O–H groups in total. The van der Waals surface area contributed by atoms with Crippen LogP contribution in [0, 0.1) is 12.8 Å². The summed E-state index contributed by atoms with van der Waals surface area (Å²) >= 11 is 0. The zero-order valence-electron chi connectivity index (χ0n) is 12.7. The first kappa shape index (κ1) is 14.9. The van der Waals surface area contributed by atoms with Gasteiger partial charge in [0.1, 0.15) is 0 Å². The molecule has 0 saturated heterocycles. The van der Waals surface area contributed by atoms with E-state index in [-0.39, 0.29) is 6.04 Å². The highest BCUT2D eigenvalue weighted by Gasteiger charge is 2.16. The summed E-state index contributed by atoms with van der Waals surface area (Å²) in [7, 11) is 0. The van der Waals surface area contributed by atoms with Crippen molar-refractivity contribution in [2.24, 2.45) is 11.8 Å². The SMILES string of the molecule is CCCC(C)CC(NN)c1cc(C)c2ccccc2n1. The van der Waals surface area contributed by atoms with Gasteiger partial charge in [-0.3, -0.25) is 16.3 Å². The van der Waals surface area contributed by atoms with E-state index in [1.807, 2.05) is 6.07 Å². The fourth-order valence-electron chi connectivity index (χ4n) is 2.84. The summed E-state index contributed by atoms with van der Waals surface area (Å²) in [5.41, 5.74) is 6.29. The number of rotatable bonds is 6. The third kappa shape index (κ3) is 3.35. The molecule has 2 rings (SSSR count). The average Bonchev–Trinajstić information content (AvgIpc) is 2.45. The molecule has 0 aliphatic carbocycles. The second kappa shape index (κ2) is 6.82. The van der Waals surface area contributed by atoms with Crippen molar-refractivity contribution in [1.29, 1.82) is 0 Å². The lowest BCUT2D eigenvalue weighted by atomic mass is 9.94. The fraction of sp³-hybridized carbons (Fsp3) is 0.471. The number of aromatic nitrogens is 1. The van der Waals surface area contributed by atoms with E-state index in [0.717, 1.165) is 17.6 Å². The first-order valence-electron chi connectivity index (χ1n) is 7.48. The maximum atomic E-state index is 5.75. The molecule has 1 aromatic carbocycles. The van der Waals surface area contributed by atoms with Crippen molar-refractivity contribution < 1.29 is 0 Å². The van der Waals surface area contributed by atoms with Crippen LogP contribution in [0.2, 0.25) is 0 Å². The summed E-state index contributed by atoms with van der Waals surface area (Å²) in [6.45, 7) is 6.64. The molecule has 0 amide bonds. The zero-order chi connectivity index (χ0) is 14.5. The highest BCUT2D eigenvalue weighted by Crippen LogP contribution is 2.25. The Morgan fingerprint density at radius 1 is 1.30 bits per heavy atom. The maximum Gasteiger partial charge on any atom is 0.0708 e. The highest BCUT2D eigenvalue weighted by atomic mass is 15.2. The summed E-state index contributed by atoms with van der Waals surface area (Å²) in [5, 5.41) is 1.22. The van der Waals surface area contributed by atoms with Crippen molar-refractivity contribution in [3.05, 3.63) is 41.6 Å². The molecule has 108 valence electrons. The van der Waals surface area contributed by atoms with Gasteiger partial charge in [0.05, 0.1) is 17.3 Å². The minimum Gasteiger partial charge on any atom is -0.271 e. The second-order valence-corrected chi connectivity index (χ2v) is 5.73. The van der Waals surface area contributed by atoms with Crippen LogP contribution < -0.4 is 11.3 Å². The van der Waals surface area contributed by atoms with Crippen molar-refractivity contribution in [1.82, 2.24) is 10.4 Å². The van der Waals surface area contributed by atoms with E-state index >= 15 is 0 Å². The molecule has 2 atom stereocenters. The van der Waals surface area contributed by atoms with Gasteiger partial charge in [-0.05, 0) is 37.0 Å². The number of para-hydroxylation sites is 1. The number of pyridine rings is 1. The third-order valence-corrected chi connectivity index (χ3v) is 3.92. The van der Waals surface area contributed by atoms with Crippen molar-refractivity contribution in [2.45, 2.75) is 46.1 Å². The number of hydrazine groups is 1. The minimum atomic E-state index is 0.125. The second-order valence-electron chi connectivity index (χ2n) is 5.73. The van der Waals surface area contributed by atoms with Crippen LogP contribution in [0.1, 0.15) is 50.4 Å². The van der Waals surface area contributed by atoms with Crippen LogP contribution in [0.25, 0.3) is 10.9 Å². The van der Waals surface area contributed by atoms with E-state index in [0.29, 0.717) is 5.92 Å². The topological polar surface area (TPSA) is 50.9 Å². The quantitative estimate of drug-likeness (QED) is 0.619. The molecule has 0 aliphatic heterocycles. The fourth-order valence-corrected chi connectivity index (χ4v) is 2.84. The Labute approximate surface area is 121 Å². The number of aryl methyl sites for hydroxylation is 1. The molecule has 0 bridgehead atoms. The lowest BCUT2D eigenvalue weighted by molar-refractivity contribution is 0.389. The van der Waals surface area contributed by atoms with Crippen molar-refractivity contribution >= 4 is 10.9 Å². The summed E-state index contributed by atoms with van der Waals surface area (Å²) in [6, 6.07) is 10.5. The van der Waals surface area contributed by atoms with Gasteiger partial charge in [-0.25, -0.2) is 0 Å². The molecule has 0 fully saturated rings. The molecule has 0 spiro atoms. The minimum absolute atomic E-state index is 0.125. The van der Waals surface area contributed by atoms with Gasteiger partial charge in [-0.1, -0.05) is 44.9 Å². The molecule has 0 saturated carbocycles. The molecule has 1 aromatic heterocycles. The standard InChI is InChI=1S/C17H25N3/c1-4-7-12(2)10-17(20-18)16-11-13(3)14-8-5-6-9-15(14)19-16/h5-6,8-9,11-12,17,20H,4,7,10,18H2,1-3H3. The van der Waals surface area contributed by atoms with Crippen LogP contribution in [-0.4, -0.2) is 4.98 Å². The lowest BCUT2D eigenvalue weighted by Gasteiger charge is -2.20. The maximum absolute atomic E-state index is 5.75. The molecular weight excluding hydrogens is 246 g/mol. The van der Waals surface area contributed by atoms with Gasteiger partial charge in [0.2, 0.25) is 0 Å². The summed E-state index contributed by atoms with van der Waals surface area (Å²) in [5.74, 6) is 6.40.